The number of rotatable bonds is 2. The summed E-state index contributed by atoms with van der Waals surface area (Å²) in [5.74, 6) is 0.609. The van der Waals surface area contributed by atoms with E-state index in [-0.39, 0.29) is 0 Å². The average molecular weight is 138 g/mol. The Kier molecular flexibility index (Phi) is 2.04. The van der Waals surface area contributed by atoms with Crippen molar-refractivity contribution in [1.82, 2.24) is 10.3 Å². The van der Waals surface area contributed by atoms with Gasteiger partial charge in [-0.15, -0.1) is 4.91 Å². The van der Waals surface area contributed by atoms with E-state index >= 15 is 0 Å². The van der Waals surface area contributed by atoms with Crippen molar-refractivity contribution in [2.75, 3.05) is 13.6 Å². The number of hydrogen-bond acceptors (Lipinski definition) is 3. The van der Waals surface area contributed by atoms with Crippen LogP contribution in [0.25, 0.3) is 0 Å². The Hall–Kier alpha value is -1.32. The van der Waals surface area contributed by atoms with Crippen LogP contribution in [0.2, 0.25) is 0 Å². The quantitative estimate of drug-likeness (QED) is 0.444. The molecule has 0 aromatic carbocycles. The second-order valence-corrected chi connectivity index (χ2v) is 1.88. The molecular formula is C6H8N3O. The number of nitroso groups, excluding NO2 is 1. The fraction of sp³-hybridized carbons (Fsp3) is 0.333. The molecule has 0 atom stereocenters. The molecule has 10 heavy (non-hydrogen) atoms. The largest absolute Gasteiger partial charge is 0.366 e. The molecule has 0 saturated heterocycles. The fourth-order valence-corrected chi connectivity index (χ4v) is 0.652. The van der Waals surface area contributed by atoms with Gasteiger partial charge in [-0.2, -0.15) is 0 Å². The van der Waals surface area contributed by atoms with Crippen molar-refractivity contribution in [3.63, 3.8) is 0 Å². The first-order valence-corrected chi connectivity index (χ1v) is 2.94. The molecule has 53 valence electrons. The normalized spacial score (nSPS) is 15.5. The molecule has 1 aliphatic heterocycles. The van der Waals surface area contributed by atoms with E-state index in [9.17, 15) is 4.91 Å². The maximum absolute atomic E-state index is 9.96. The van der Waals surface area contributed by atoms with Crippen LogP contribution in [0.15, 0.2) is 23.3 Å². The summed E-state index contributed by atoms with van der Waals surface area (Å²) in [6.45, 7) is 0.724. The van der Waals surface area contributed by atoms with E-state index in [1.165, 1.54) is 5.01 Å². The summed E-state index contributed by atoms with van der Waals surface area (Å²) in [6.07, 6.45) is 6.49. The van der Waals surface area contributed by atoms with Crippen LogP contribution >= 0.6 is 0 Å². The number of dihydropyridines is 1. The number of allylic oxidation sites excluding steroid dienone is 2. The highest BCUT2D eigenvalue weighted by Gasteiger charge is 2.03. The van der Waals surface area contributed by atoms with E-state index in [2.05, 4.69) is 16.7 Å². The first kappa shape index (κ1) is 6.80. The van der Waals surface area contributed by atoms with E-state index in [0.717, 1.165) is 6.54 Å². The predicted octanol–water partition coefficient (Wildman–Crippen LogP) is 0.404. The Bertz CT molecular complexity index is 185. The third kappa shape index (κ3) is 1.34. The maximum atomic E-state index is 9.96. The molecule has 0 aliphatic carbocycles. The van der Waals surface area contributed by atoms with Crippen LogP contribution < -0.4 is 5.32 Å². The lowest BCUT2D eigenvalue weighted by Gasteiger charge is -2.15. The van der Waals surface area contributed by atoms with Gasteiger partial charge in [0, 0.05) is 19.7 Å². The molecule has 1 N–H and O–H groups in total. The van der Waals surface area contributed by atoms with Gasteiger partial charge in [0.1, 0.15) is 5.82 Å². The Balaban J connectivity index is 2.61. The third-order valence-electron chi connectivity index (χ3n) is 1.17. The van der Waals surface area contributed by atoms with E-state index in [0.29, 0.717) is 5.82 Å². The van der Waals surface area contributed by atoms with E-state index in [4.69, 9.17) is 0 Å². The minimum atomic E-state index is 0.609. The molecule has 1 rings (SSSR count). The molecular weight excluding hydrogens is 130 g/mol. The molecule has 4 heteroatoms. The van der Waals surface area contributed by atoms with Crippen LogP contribution in [0.3, 0.4) is 0 Å². The molecule has 1 heterocycles. The van der Waals surface area contributed by atoms with Crippen molar-refractivity contribution in [3.05, 3.63) is 29.0 Å². The van der Waals surface area contributed by atoms with Crippen LogP contribution in [-0.4, -0.2) is 18.6 Å². The van der Waals surface area contributed by atoms with Gasteiger partial charge in [-0.3, -0.25) is 0 Å². The van der Waals surface area contributed by atoms with Crippen LogP contribution in [0, 0.1) is 11.0 Å². The molecule has 0 unspecified atom stereocenters. The lowest BCUT2D eigenvalue weighted by atomic mass is 10.4. The van der Waals surface area contributed by atoms with Crippen molar-refractivity contribution in [2.45, 2.75) is 0 Å². The summed E-state index contributed by atoms with van der Waals surface area (Å²) >= 11 is 0. The van der Waals surface area contributed by atoms with Gasteiger partial charge in [0.05, 0.1) is 5.29 Å². The molecule has 4 nitrogen and oxygen atoms in total. The second kappa shape index (κ2) is 3.00. The maximum Gasteiger partial charge on any atom is 0.133 e. The lowest BCUT2D eigenvalue weighted by molar-refractivity contribution is 0.402. The van der Waals surface area contributed by atoms with Crippen molar-refractivity contribution < 1.29 is 0 Å². The fourth-order valence-electron chi connectivity index (χ4n) is 0.652. The van der Waals surface area contributed by atoms with Gasteiger partial charge in [0.15, 0.2) is 0 Å². The zero-order valence-electron chi connectivity index (χ0n) is 5.66. The van der Waals surface area contributed by atoms with Crippen LogP contribution in [0.1, 0.15) is 0 Å². The number of nitrogens with one attached hydrogen (secondary N) is 1. The Labute approximate surface area is 59.2 Å². The van der Waals surface area contributed by atoms with Gasteiger partial charge in [0.25, 0.3) is 0 Å². The Morgan fingerprint density at radius 1 is 1.90 bits per heavy atom. The molecule has 0 aromatic rings. The molecule has 0 aromatic heterocycles. The van der Waals surface area contributed by atoms with Gasteiger partial charge in [-0.05, 0) is 0 Å². The zero-order valence-corrected chi connectivity index (χ0v) is 5.66. The smallest absolute Gasteiger partial charge is 0.133 e. The third-order valence-corrected chi connectivity index (χ3v) is 1.17. The monoisotopic (exact) mass is 138 g/mol. The molecule has 0 bridgehead atoms. The number of hydrogen-bond donors (Lipinski definition) is 1. The van der Waals surface area contributed by atoms with Crippen molar-refractivity contribution in [2.24, 2.45) is 5.29 Å². The Morgan fingerprint density at radius 2 is 2.70 bits per heavy atom. The molecule has 0 fully saturated rings. The predicted molar refractivity (Wildman–Crippen MR) is 37.5 cm³/mol. The topological polar surface area (TPSA) is 44.7 Å². The van der Waals surface area contributed by atoms with Crippen molar-refractivity contribution in [3.8, 4) is 0 Å². The molecule has 0 spiro atoms. The zero-order chi connectivity index (χ0) is 7.40. The average Bonchev–Trinajstić information content (AvgIpc) is 2.05. The summed E-state index contributed by atoms with van der Waals surface area (Å²) in [4.78, 5) is 9.96. The number of nitrogens with zero attached hydrogens (tertiary/aromatic N) is 2. The van der Waals surface area contributed by atoms with Crippen molar-refractivity contribution in [1.29, 1.82) is 0 Å². The highest BCUT2D eigenvalue weighted by Crippen LogP contribution is 1.99. The van der Waals surface area contributed by atoms with Gasteiger partial charge < -0.3 is 5.32 Å². The summed E-state index contributed by atoms with van der Waals surface area (Å²) in [5.41, 5.74) is 0. The minimum Gasteiger partial charge on any atom is -0.366 e. The highest BCUT2D eigenvalue weighted by molar-refractivity contribution is 5.09. The molecule has 0 saturated carbocycles. The second-order valence-electron chi connectivity index (χ2n) is 1.88. The van der Waals surface area contributed by atoms with Crippen LogP contribution in [0.5, 0.6) is 0 Å². The van der Waals surface area contributed by atoms with Crippen LogP contribution in [0.4, 0.5) is 0 Å². The van der Waals surface area contributed by atoms with E-state index in [1.807, 2.05) is 6.08 Å². The van der Waals surface area contributed by atoms with Gasteiger partial charge in [-0.1, -0.05) is 12.2 Å². The molecule has 0 amide bonds. The van der Waals surface area contributed by atoms with Crippen LogP contribution in [-0.2, 0) is 0 Å². The SMILES string of the molecule is CN(N=O)C1=[C]C=CCN1. The lowest BCUT2D eigenvalue weighted by Crippen LogP contribution is -2.26. The summed E-state index contributed by atoms with van der Waals surface area (Å²) < 4.78 is 0. The van der Waals surface area contributed by atoms with Gasteiger partial charge in [0.2, 0.25) is 0 Å². The summed E-state index contributed by atoms with van der Waals surface area (Å²) in [5, 5.41) is 6.82. The Morgan fingerprint density at radius 3 is 3.20 bits per heavy atom. The first-order chi connectivity index (χ1) is 4.84. The standard InChI is InChI=1S/C6H8N3O/c1-9(8-10)6-4-2-3-5-7-6/h2-3,7H,5H2,1H3. The first-order valence-electron chi connectivity index (χ1n) is 2.94. The minimum absolute atomic E-state index is 0.609. The summed E-state index contributed by atoms with van der Waals surface area (Å²) in [6, 6.07) is 0. The molecule has 1 radical (unpaired) electrons. The van der Waals surface area contributed by atoms with E-state index < -0.39 is 0 Å². The summed E-state index contributed by atoms with van der Waals surface area (Å²) in [7, 11) is 1.57. The van der Waals surface area contributed by atoms with Gasteiger partial charge >= 0.3 is 0 Å². The van der Waals surface area contributed by atoms with Gasteiger partial charge in [-0.25, -0.2) is 5.01 Å². The van der Waals surface area contributed by atoms with Crippen molar-refractivity contribution >= 4 is 0 Å². The van der Waals surface area contributed by atoms with E-state index in [1.54, 1.807) is 13.1 Å². The molecule has 1 aliphatic rings. The highest BCUT2D eigenvalue weighted by atomic mass is 16.3.